The molecule has 2 heterocycles. The number of carbonyl (C=O) groups excluding carboxylic acids is 1. The van der Waals surface area contributed by atoms with Crippen LogP contribution in [0.3, 0.4) is 0 Å². The highest BCUT2D eigenvalue weighted by molar-refractivity contribution is 5.97. The molecule has 0 bridgehead atoms. The Labute approximate surface area is 160 Å². The van der Waals surface area contributed by atoms with Gasteiger partial charge in [-0.15, -0.1) is 0 Å². The van der Waals surface area contributed by atoms with Crippen LogP contribution in [0.2, 0.25) is 0 Å². The number of Topliss-reactive ketones (excluding diaryl/α,β-unsaturated/α-hetero) is 1. The maximum atomic E-state index is 13.2. The lowest BCUT2D eigenvalue weighted by Gasteiger charge is -2.31. The standard InChI is InChI=1S/C21H30F2N2O2/c1-17-4-2-11-25(17)12-3-15-27-19-7-5-18(6-8-19)20(26)16-24-13-9-21(22,23)10-14-24/h5-8,17H,2-4,9-16H2,1H3. The van der Waals surface area contributed by atoms with Crippen LogP contribution in [-0.2, 0) is 0 Å². The fraction of sp³-hybridized carbons (Fsp3) is 0.667. The minimum atomic E-state index is -2.58. The summed E-state index contributed by atoms with van der Waals surface area (Å²) in [6.07, 6.45) is 3.24. The normalized spacial score (nSPS) is 23.4. The Bertz CT molecular complexity index is 611. The Balaban J connectivity index is 1.38. The van der Waals surface area contributed by atoms with E-state index in [0.29, 0.717) is 18.2 Å². The van der Waals surface area contributed by atoms with Gasteiger partial charge in [0.05, 0.1) is 13.2 Å². The summed E-state index contributed by atoms with van der Waals surface area (Å²) < 4.78 is 32.2. The Morgan fingerprint density at radius 3 is 2.52 bits per heavy atom. The first-order valence-corrected chi connectivity index (χ1v) is 10.0. The minimum absolute atomic E-state index is 0.0326. The quantitative estimate of drug-likeness (QED) is 0.507. The van der Waals surface area contributed by atoms with Gasteiger partial charge in [0.2, 0.25) is 0 Å². The van der Waals surface area contributed by atoms with Gasteiger partial charge >= 0.3 is 0 Å². The van der Waals surface area contributed by atoms with Crippen LogP contribution in [0, 0.1) is 0 Å². The molecule has 3 rings (SSSR count). The molecular formula is C21H30F2N2O2. The molecule has 2 saturated heterocycles. The molecule has 150 valence electrons. The second kappa shape index (κ2) is 9.11. The third-order valence-electron chi connectivity index (χ3n) is 5.68. The number of likely N-dealkylation sites (tertiary alicyclic amines) is 2. The third kappa shape index (κ3) is 5.98. The number of halogens is 2. The summed E-state index contributed by atoms with van der Waals surface area (Å²) >= 11 is 0. The number of carbonyl (C=O) groups is 1. The Kier molecular flexibility index (Phi) is 6.82. The number of alkyl halides is 2. The molecule has 0 saturated carbocycles. The highest BCUT2D eigenvalue weighted by atomic mass is 19.3. The number of hydrogen-bond acceptors (Lipinski definition) is 4. The number of nitrogens with zero attached hydrogens (tertiary/aromatic N) is 2. The van der Waals surface area contributed by atoms with Crippen molar-refractivity contribution >= 4 is 5.78 Å². The van der Waals surface area contributed by atoms with Gasteiger partial charge < -0.3 is 9.64 Å². The highest BCUT2D eigenvalue weighted by Crippen LogP contribution is 2.27. The summed E-state index contributed by atoms with van der Waals surface area (Å²) in [5.74, 6) is -1.85. The van der Waals surface area contributed by atoms with Gasteiger partial charge in [0, 0.05) is 44.1 Å². The van der Waals surface area contributed by atoms with E-state index in [2.05, 4.69) is 11.8 Å². The molecule has 2 aliphatic heterocycles. The maximum Gasteiger partial charge on any atom is 0.250 e. The van der Waals surface area contributed by atoms with Gasteiger partial charge in [-0.2, -0.15) is 0 Å². The summed E-state index contributed by atoms with van der Waals surface area (Å²) in [7, 11) is 0. The molecule has 0 N–H and O–H groups in total. The van der Waals surface area contributed by atoms with Crippen molar-refractivity contribution in [2.75, 3.05) is 39.3 Å². The van der Waals surface area contributed by atoms with E-state index >= 15 is 0 Å². The lowest BCUT2D eigenvalue weighted by atomic mass is 10.1. The summed E-state index contributed by atoms with van der Waals surface area (Å²) in [4.78, 5) is 16.7. The molecule has 1 aromatic rings. The van der Waals surface area contributed by atoms with E-state index in [1.807, 2.05) is 17.0 Å². The Morgan fingerprint density at radius 2 is 1.89 bits per heavy atom. The number of rotatable bonds is 8. The first-order chi connectivity index (χ1) is 12.9. The van der Waals surface area contributed by atoms with Crippen molar-refractivity contribution in [2.24, 2.45) is 0 Å². The molecule has 0 amide bonds. The van der Waals surface area contributed by atoms with Gasteiger partial charge in [-0.1, -0.05) is 0 Å². The van der Waals surface area contributed by atoms with Gasteiger partial charge in [0.1, 0.15) is 5.75 Å². The van der Waals surface area contributed by atoms with Crippen LogP contribution in [-0.4, -0.2) is 66.9 Å². The maximum absolute atomic E-state index is 13.2. The monoisotopic (exact) mass is 380 g/mol. The van der Waals surface area contributed by atoms with Crippen molar-refractivity contribution in [2.45, 2.75) is 51.0 Å². The lowest BCUT2D eigenvalue weighted by Crippen LogP contribution is -2.41. The second-order valence-electron chi connectivity index (χ2n) is 7.81. The summed E-state index contributed by atoms with van der Waals surface area (Å²) in [5, 5.41) is 0. The molecule has 1 unspecified atom stereocenters. The average Bonchev–Trinajstić information content (AvgIpc) is 3.06. The zero-order valence-electron chi connectivity index (χ0n) is 16.1. The van der Waals surface area contributed by atoms with E-state index in [0.717, 1.165) is 18.7 Å². The van der Waals surface area contributed by atoms with Crippen LogP contribution >= 0.6 is 0 Å². The van der Waals surface area contributed by atoms with E-state index in [4.69, 9.17) is 4.74 Å². The van der Waals surface area contributed by atoms with Crippen molar-refractivity contribution in [1.82, 2.24) is 9.80 Å². The summed E-state index contributed by atoms with van der Waals surface area (Å²) in [6, 6.07) is 7.84. The van der Waals surface area contributed by atoms with Crippen molar-refractivity contribution in [3.63, 3.8) is 0 Å². The van der Waals surface area contributed by atoms with E-state index in [9.17, 15) is 13.6 Å². The van der Waals surface area contributed by atoms with Crippen molar-refractivity contribution < 1.29 is 18.3 Å². The van der Waals surface area contributed by atoms with Crippen molar-refractivity contribution in [3.8, 4) is 5.75 Å². The van der Waals surface area contributed by atoms with Crippen LogP contribution in [0.5, 0.6) is 5.75 Å². The van der Waals surface area contributed by atoms with E-state index in [1.165, 1.54) is 19.4 Å². The van der Waals surface area contributed by atoms with E-state index in [1.54, 1.807) is 12.1 Å². The largest absolute Gasteiger partial charge is 0.494 e. The molecule has 0 aliphatic carbocycles. The van der Waals surface area contributed by atoms with Crippen molar-refractivity contribution in [3.05, 3.63) is 29.8 Å². The van der Waals surface area contributed by atoms with Gasteiger partial charge in [0.15, 0.2) is 5.78 Å². The number of benzene rings is 1. The predicted octanol–water partition coefficient (Wildman–Crippen LogP) is 3.85. The van der Waals surface area contributed by atoms with E-state index < -0.39 is 5.92 Å². The van der Waals surface area contributed by atoms with Crippen LogP contribution < -0.4 is 4.74 Å². The van der Waals surface area contributed by atoms with Crippen LogP contribution in [0.25, 0.3) is 0 Å². The van der Waals surface area contributed by atoms with Crippen LogP contribution in [0.4, 0.5) is 8.78 Å². The molecule has 2 aliphatic rings. The first kappa shape index (κ1) is 20.2. The molecule has 1 aromatic carbocycles. The van der Waals surface area contributed by atoms with Gasteiger partial charge in [-0.25, -0.2) is 8.78 Å². The SMILES string of the molecule is CC1CCCN1CCCOc1ccc(C(=O)CN2CCC(F)(F)CC2)cc1. The van der Waals surface area contributed by atoms with Crippen molar-refractivity contribution in [1.29, 1.82) is 0 Å². The van der Waals surface area contributed by atoms with Gasteiger partial charge in [-0.05, 0) is 57.0 Å². The van der Waals surface area contributed by atoms with Crippen LogP contribution in [0.15, 0.2) is 24.3 Å². The zero-order valence-corrected chi connectivity index (χ0v) is 16.1. The average molecular weight is 380 g/mol. The summed E-state index contributed by atoms with van der Waals surface area (Å²) in [5.41, 5.74) is 0.602. The molecule has 1 atom stereocenters. The molecule has 27 heavy (non-hydrogen) atoms. The zero-order chi connectivity index (χ0) is 19.3. The third-order valence-corrected chi connectivity index (χ3v) is 5.68. The molecule has 2 fully saturated rings. The first-order valence-electron chi connectivity index (χ1n) is 10.0. The minimum Gasteiger partial charge on any atom is -0.494 e. The molecule has 0 aromatic heterocycles. The molecular weight excluding hydrogens is 350 g/mol. The van der Waals surface area contributed by atoms with Gasteiger partial charge in [-0.3, -0.25) is 9.69 Å². The molecule has 6 heteroatoms. The highest BCUT2D eigenvalue weighted by Gasteiger charge is 2.34. The Morgan fingerprint density at radius 1 is 1.19 bits per heavy atom. The van der Waals surface area contributed by atoms with E-state index in [-0.39, 0.29) is 38.3 Å². The number of ketones is 1. The molecule has 4 nitrogen and oxygen atoms in total. The smallest absolute Gasteiger partial charge is 0.250 e. The van der Waals surface area contributed by atoms with Gasteiger partial charge in [0.25, 0.3) is 5.92 Å². The topological polar surface area (TPSA) is 32.8 Å². The Hall–Kier alpha value is -1.53. The molecule has 0 spiro atoms. The number of piperidine rings is 1. The number of hydrogen-bond donors (Lipinski definition) is 0. The second-order valence-corrected chi connectivity index (χ2v) is 7.81. The molecule has 0 radical (unpaired) electrons. The fourth-order valence-electron chi connectivity index (χ4n) is 3.85. The summed E-state index contributed by atoms with van der Waals surface area (Å²) in [6.45, 7) is 5.94. The number of ether oxygens (including phenoxy) is 1. The van der Waals surface area contributed by atoms with Crippen LogP contribution in [0.1, 0.15) is 49.4 Å². The predicted molar refractivity (Wildman–Crippen MR) is 102 cm³/mol. The lowest BCUT2D eigenvalue weighted by molar-refractivity contribution is -0.0536. The fourth-order valence-corrected chi connectivity index (χ4v) is 3.85.